The molecule has 0 spiro atoms. The Kier molecular flexibility index (Phi) is 5.41. The molecule has 8 nitrogen and oxygen atoms in total. The number of halogens is 1. The van der Waals surface area contributed by atoms with E-state index in [0.717, 1.165) is 37.3 Å². The highest BCUT2D eigenvalue weighted by molar-refractivity contribution is 6.31. The third-order valence-electron chi connectivity index (χ3n) is 5.92. The molecule has 0 radical (unpaired) electrons. The van der Waals surface area contributed by atoms with Crippen molar-refractivity contribution in [2.24, 2.45) is 0 Å². The minimum Gasteiger partial charge on any atom is -0.480 e. The lowest BCUT2D eigenvalue weighted by atomic mass is 10.1. The summed E-state index contributed by atoms with van der Waals surface area (Å²) in [4.78, 5) is 29.7. The lowest BCUT2D eigenvalue weighted by Gasteiger charge is -2.19. The fraction of sp³-hybridized carbons (Fsp3) is 0.409. The molecular formula is C22H23ClN4O4. The quantitative estimate of drug-likeness (QED) is 0.665. The predicted octanol–water partition coefficient (Wildman–Crippen LogP) is 3.45. The maximum Gasteiger partial charge on any atom is 0.415 e. The highest BCUT2D eigenvalue weighted by atomic mass is 35.5. The Hall–Kier alpha value is -2.84. The van der Waals surface area contributed by atoms with Gasteiger partial charge in [-0.2, -0.15) is 0 Å². The van der Waals surface area contributed by atoms with Gasteiger partial charge >= 0.3 is 6.09 Å². The Balaban J connectivity index is 1.13. The zero-order valence-electron chi connectivity index (χ0n) is 16.9. The maximum atomic E-state index is 12.3. The molecule has 3 heterocycles. The first-order valence-corrected chi connectivity index (χ1v) is 10.9. The molecule has 162 valence electrons. The number of anilines is 2. The number of carbonyl (C=O) groups is 2. The zero-order chi connectivity index (χ0) is 21.4. The van der Waals surface area contributed by atoms with Crippen LogP contribution in [0.4, 0.5) is 16.4 Å². The molecule has 2 unspecified atom stereocenters. The van der Waals surface area contributed by atoms with Crippen LogP contribution in [0.3, 0.4) is 0 Å². The van der Waals surface area contributed by atoms with Gasteiger partial charge in [-0.1, -0.05) is 23.7 Å². The monoisotopic (exact) mass is 442 g/mol. The van der Waals surface area contributed by atoms with E-state index in [2.05, 4.69) is 21.7 Å². The second-order valence-corrected chi connectivity index (χ2v) is 8.37. The van der Waals surface area contributed by atoms with Crippen molar-refractivity contribution < 1.29 is 19.1 Å². The SMILES string of the molecule is O=C1COc2ccc(N3CC(CCCNC4CCc5c(Cl)cccc54)OC3=O)nc2N1. The highest BCUT2D eigenvalue weighted by Crippen LogP contribution is 2.35. The van der Waals surface area contributed by atoms with Crippen molar-refractivity contribution in [2.75, 3.05) is 29.9 Å². The Bertz CT molecular complexity index is 1030. The van der Waals surface area contributed by atoms with Crippen LogP contribution in [-0.4, -0.2) is 42.8 Å². The summed E-state index contributed by atoms with van der Waals surface area (Å²) in [6, 6.07) is 9.81. The molecule has 3 aliphatic rings. The van der Waals surface area contributed by atoms with Crippen molar-refractivity contribution in [1.29, 1.82) is 0 Å². The number of aromatic nitrogens is 1. The van der Waals surface area contributed by atoms with E-state index in [0.29, 0.717) is 30.0 Å². The third kappa shape index (κ3) is 4.05. The molecule has 9 heteroatoms. The van der Waals surface area contributed by atoms with Gasteiger partial charge in [-0.05, 0) is 61.6 Å². The van der Waals surface area contributed by atoms with E-state index in [9.17, 15) is 9.59 Å². The van der Waals surface area contributed by atoms with Crippen molar-refractivity contribution in [3.63, 3.8) is 0 Å². The number of benzene rings is 1. The average Bonchev–Trinajstić information content (AvgIpc) is 3.35. The number of nitrogens with one attached hydrogen (secondary N) is 2. The molecule has 2 aromatic rings. The standard InChI is InChI=1S/C22H23ClN4O4/c23-16-5-1-4-15-14(16)6-7-17(15)24-10-2-3-13-11-27(22(29)31-13)19-9-8-18-21(25-19)26-20(28)12-30-18/h1,4-5,8-9,13,17,24H,2-3,6-7,10-12H2,(H,25,26,28). The molecule has 1 saturated heterocycles. The largest absolute Gasteiger partial charge is 0.480 e. The summed E-state index contributed by atoms with van der Waals surface area (Å²) in [6.07, 6.45) is 3.09. The number of amides is 2. The van der Waals surface area contributed by atoms with Gasteiger partial charge in [0.05, 0.1) is 6.54 Å². The number of nitrogens with zero attached hydrogens (tertiary/aromatic N) is 2. The summed E-state index contributed by atoms with van der Waals surface area (Å²) in [5.41, 5.74) is 2.54. The lowest BCUT2D eigenvalue weighted by molar-refractivity contribution is -0.118. The summed E-state index contributed by atoms with van der Waals surface area (Å²) in [5, 5.41) is 7.11. The van der Waals surface area contributed by atoms with Crippen LogP contribution in [0.15, 0.2) is 30.3 Å². The number of hydrogen-bond donors (Lipinski definition) is 2. The summed E-state index contributed by atoms with van der Waals surface area (Å²) in [7, 11) is 0. The predicted molar refractivity (Wildman–Crippen MR) is 116 cm³/mol. The van der Waals surface area contributed by atoms with Gasteiger partial charge in [0, 0.05) is 11.1 Å². The zero-order valence-corrected chi connectivity index (χ0v) is 17.7. The first-order chi connectivity index (χ1) is 15.1. The van der Waals surface area contributed by atoms with Crippen LogP contribution in [0.1, 0.15) is 36.4 Å². The van der Waals surface area contributed by atoms with E-state index >= 15 is 0 Å². The first-order valence-electron chi connectivity index (χ1n) is 10.5. The number of rotatable bonds is 6. The molecule has 2 N–H and O–H groups in total. The van der Waals surface area contributed by atoms with Gasteiger partial charge in [0.15, 0.2) is 18.2 Å². The van der Waals surface area contributed by atoms with Crippen LogP contribution in [0, 0.1) is 0 Å². The van der Waals surface area contributed by atoms with Gasteiger partial charge in [-0.3, -0.25) is 9.69 Å². The summed E-state index contributed by atoms with van der Waals surface area (Å²) < 4.78 is 10.8. The molecule has 1 aliphatic carbocycles. The lowest BCUT2D eigenvalue weighted by Crippen LogP contribution is -2.29. The molecule has 0 saturated carbocycles. The highest BCUT2D eigenvalue weighted by Gasteiger charge is 2.33. The normalized spacial score (nSPS) is 21.9. The first kappa shape index (κ1) is 20.1. The molecule has 0 bridgehead atoms. The number of hydrogen-bond acceptors (Lipinski definition) is 6. The number of pyridine rings is 1. The van der Waals surface area contributed by atoms with E-state index in [-0.39, 0.29) is 18.6 Å². The van der Waals surface area contributed by atoms with E-state index in [1.165, 1.54) is 16.0 Å². The molecule has 2 atom stereocenters. The Labute approximate surface area is 184 Å². The summed E-state index contributed by atoms with van der Waals surface area (Å²) in [5.74, 6) is 0.993. The molecule has 2 amide bonds. The molecular weight excluding hydrogens is 420 g/mol. The molecule has 1 aromatic carbocycles. The van der Waals surface area contributed by atoms with Crippen LogP contribution in [-0.2, 0) is 16.0 Å². The topological polar surface area (TPSA) is 92.8 Å². The average molecular weight is 443 g/mol. The minimum absolute atomic E-state index is 0.0324. The van der Waals surface area contributed by atoms with Crippen LogP contribution in [0.2, 0.25) is 5.02 Å². The smallest absolute Gasteiger partial charge is 0.415 e. The van der Waals surface area contributed by atoms with Crippen molar-refractivity contribution >= 4 is 35.2 Å². The summed E-state index contributed by atoms with van der Waals surface area (Å²) in [6.45, 7) is 1.24. The van der Waals surface area contributed by atoms with Crippen LogP contribution in [0.25, 0.3) is 0 Å². The van der Waals surface area contributed by atoms with Crippen molar-refractivity contribution in [2.45, 2.75) is 37.8 Å². The Morgan fingerprint density at radius 1 is 1.26 bits per heavy atom. The van der Waals surface area contributed by atoms with Gasteiger partial charge in [0.25, 0.3) is 5.91 Å². The van der Waals surface area contributed by atoms with Crippen molar-refractivity contribution in [3.05, 3.63) is 46.5 Å². The van der Waals surface area contributed by atoms with Gasteiger partial charge in [0.1, 0.15) is 11.9 Å². The second kappa shape index (κ2) is 8.36. The fourth-order valence-electron chi connectivity index (χ4n) is 4.39. The van der Waals surface area contributed by atoms with Crippen LogP contribution >= 0.6 is 11.6 Å². The third-order valence-corrected chi connectivity index (χ3v) is 6.27. The molecule has 1 fully saturated rings. The van der Waals surface area contributed by atoms with E-state index in [4.69, 9.17) is 21.1 Å². The van der Waals surface area contributed by atoms with Crippen molar-refractivity contribution in [1.82, 2.24) is 10.3 Å². The van der Waals surface area contributed by atoms with Gasteiger partial charge < -0.3 is 20.1 Å². The van der Waals surface area contributed by atoms with E-state index < -0.39 is 6.09 Å². The van der Waals surface area contributed by atoms with E-state index in [1.807, 2.05) is 12.1 Å². The Morgan fingerprint density at radius 3 is 3.06 bits per heavy atom. The number of fused-ring (bicyclic) bond motifs is 2. The number of carbonyl (C=O) groups excluding carboxylic acids is 2. The van der Waals surface area contributed by atoms with E-state index in [1.54, 1.807) is 12.1 Å². The second-order valence-electron chi connectivity index (χ2n) is 7.96. The fourth-order valence-corrected chi connectivity index (χ4v) is 4.67. The van der Waals surface area contributed by atoms with Crippen LogP contribution in [0.5, 0.6) is 5.75 Å². The minimum atomic E-state index is -0.423. The summed E-state index contributed by atoms with van der Waals surface area (Å²) >= 11 is 6.29. The molecule has 2 aliphatic heterocycles. The molecule has 1 aromatic heterocycles. The maximum absolute atomic E-state index is 12.3. The van der Waals surface area contributed by atoms with Gasteiger partial charge in [-0.15, -0.1) is 0 Å². The molecule has 5 rings (SSSR count). The van der Waals surface area contributed by atoms with Gasteiger partial charge in [0.2, 0.25) is 0 Å². The van der Waals surface area contributed by atoms with Gasteiger partial charge in [-0.25, -0.2) is 9.78 Å². The number of ether oxygens (including phenoxy) is 2. The van der Waals surface area contributed by atoms with Crippen molar-refractivity contribution in [3.8, 4) is 5.75 Å². The Morgan fingerprint density at radius 2 is 2.16 bits per heavy atom. The van der Waals surface area contributed by atoms with Crippen LogP contribution < -0.4 is 20.3 Å². The molecule has 31 heavy (non-hydrogen) atoms. The number of cyclic esters (lactones) is 1.